The predicted octanol–water partition coefficient (Wildman–Crippen LogP) is 4.21. The first-order chi connectivity index (χ1) is 13.4. The number of benzene rings is 2. The van der Waals surface area contributed by atoms with Crippen LogP contribution < -0.4 is 9.47 Å². The minimum absolute atomic E-state index is 0.0214. The van der Waals surface area contributed by atoms with Gasteiger partial charge in [-0.25, -0.2) is 0 Å². The molecule has 2 amide bonds. The zero-order valence-electron chi connectivity index (χ0n) is 14.1. The number of ether oxygens (including phenoxy) is 2. The van der Waals surface area contributed by atoms with Crippen LogP contribution in [-0.4, -0.2) is 27.8 Å². The summed E-state index contributed by atoms with van der Waals surface area (Å²) in [7, 11) is 0. The lowest BCUT2D eigenvalue weighted by Gasteiger charge is -2.14. The fourth-order valence-electron chi connectivity index (χ4n) is 2.77. The zero-order valence-corrected chi connectivity index (χ0v) is 15.7. The van der Waals surface area contributed by atoms with Crippen molar-refractivity contribution in [1.29, 1.82) is 0 Å². The number of carbonyl (C=O) groups excluding carboxylic acids is 2. The Kier molecular flexibility index (Phi) is 4.70. The lowest BCUT2D eigenvalue weighted by Crippen LogP contribution is -2.27. The van der Waals surface area contributed by atoms with Crippen LogP contribution in [0.3, 0.4) is 0 Å². The van der Waals surface area contributed by atoms with E-state index in [-0.39, 0.29) is 23.9 Å². The van der Waals surface area contributed by atoms with Crippen molar-refractivity contribution in [3.8, 4) is 11.5 Å². The Bertz CT molecular complexity index is 1050. The first-order valence-corrected chi connectivity index (χ1v) is 9.19. The molecule has 2 aliphatic heterocycles. The molecular weight excluding hydrogens is 408 g/mol. The third-order valence-electron chi connectivity index (χ3n) is 4.12. The summed E-state index contributed by atoms with van der Waals surface area (Å²) in [5.74, 6) is 0.516. The number of carbonyl (C=O) groups is 2. The summed E-state index contributed by atoms with van der Waals surface area (Å²) in [5.41, 5.74) is 0.908. The van der Waals surface area contributed by atoms with Crippen molar-refractivity contribution < 1.29 is 24.0 Å². The Balaban J connectivity index is 1.58. The Morgan fingerprint density at radius 1 is 1.21 bits per heavy atom. The monoisotopic (exact) mass is 418 g/mol. The van der Waals surface area contributed by atoms with E-state index in [0.29, 0.717) is 27.6 Å². The summed E-state index contributed by atoms with van der Waals surface area (Å²) < 4.78 is 10.5. The second-order valence-corrected chi connectivity index (χ2v) is 7.32. The molecule has 0 N–H and O–H groups in total. The number of rotatable bonds is 4. The van der Waals surface area contributed by atoms with Gasteiger partial charge in [0.2, 0.25) is 6.79 Å². The van der Waals surface area contributed by atoms with Crippen LogP contribution in [0.2, 0.25) is 5.02 Å². The second kappa shape index (κ2) is 7.17. The standard InChI is InChI=1S/C18H11ClN2O6S/c19-13-7-15-14(26-9-27-15)6-11(13)8-20-17(22)16(28-18(20)23)5-10-2-1-3-12(4-10)21(24)25/h1-7H,8-9H2/b16-5+. The topological polar surface area (TPSA) is 99.0 Å². The van der Waals surface area contributed by atoms with Gasteiger partial charge in [0.15, 0.2) is 11.5 Å². The molecule has 0 spiro atoms. The molecule has 0 aliphatic carbocycles. The highest BCUT2D eigenvalue weighted by Crippen LogP contribution is 2.39. The van der Waals surface area contributed by atoms with Crippen LogP contribution in [0.1, 0.15) is 11.1 Å². The molecule has 4 rings (SSSR count). The van der Waals surface area contributed by atoms with Crippen molar-refractivity contribution >= 4 is 46.3 Å². The Hall–Kier alpha value is -3.04. The van der Waals surface area contributed by atoms with E-state index in [1.54, 1.807) is 18.2 Å². The van der Waals surface area contributed by atoms with Gasteiger partial charge in [0.1, 0.15) is 0 Å². The highest BCUT2D eigenvalue weighted by atomic mass is 35.5. The SMILES string of the molecule is O=C1S/C(=C/c2cccc([N+](=O)[O-])c2)C(=O)N1Cc1cc2c(cc1Cl)OCO2. The van der Waals surface area contributed by atoms with Gasteiger partial charge < -0.3 is 9.47 Å². The molecule has 2 aliphatic rings. The second-order valence-electron chi connectivity index (χ2n) is 5.92. The number of nitro groups is 1. The minimum atomic E-state index is -0.523. The van der Waals surface area contributed by atoms with E-state index in [4.69, 9.17) is 21.1 Å². The summed E-state index contributed by atoms with van der Waals surface area (Å²) in [6, 6.07) is 9.04. The van der Waals surface area contributed by atoms with Crippen molar-refractivity contribution in [2.45, 2.75) is 6.54 Å². The molecule has 2 heterocycles. The lowest BCUT2D eigenvalue weighted by molar-refractivity contribution is -0.384. The van der Waals surface area contributed by atoms with Gasteiger partial charge in [-0.05, 0) is 35.0 Å². The maximum Gasteiger partial charge on any atom is 0.293 e. The van der Waals surface area contributed by atoms with Crippen LogP contribution in [0.4, 0.5) is 10.5 Å². The molecule has 2 aromatic carbocycles. The van der Waals surface area contributed by atoms with Crippen LogP contribution in [-0.2, 0) is 11.3 Å². The number of nitrogens with zero attached hydrogens (tertiary/aromatic N) is 2. The fourth-order valence-corrected chi connectivity index (χ4v) is 3.82. The molecule has 0 radical (unpaired) electrons. The van der Waals surface area contributed by atoms with E-state index in [0.717, 1.165) is 16.7 Å². The lowest BCUT2D eigenvalue weighted by atomic mass is 10.1. The molecule has 142 valence electrons. The number of nitro benzene ring substituents is 1. The third kappa shape index (κ3) is 3.41. The number of fused-ring (bicyclic) bond motifs is 1. The van der Waals surface area contributed by atoms with Crippen LogP contribution in [0.25, 0.3) is 6.08 Å². The van der Waals surface area contributed by atoms with E-state index >= 15 is 0 Å². The number of non-ortho nitro benzene ring substituents is 1. The molecular formula is C18H11ClN2O6S. The van der Waals surface area contributed by atoms with Crippen molar-refractivity contribution in [3.63, 3.8) is 0 Å². The van der Waals surface area contributed by atoms with E-state index < -0.39 is 16.1 Å². The summed E-state index contributed by atoms with van der Waals surface area (Å²) in [6.45, 7) is 0.0645. The van der Waals surface area contributed by atoms with Crippen molar-refractivity contribution in [2.24, 2.45) is 0 Å². The van der Waals surface area contributed by atoms with Crippen molar-refractivity contribution in [1.82, 2.24) is 4.90 Å². The van der Waals surface area contributed by atoms with Crippen molar-refractivity contribution in [3.05, 3.63) is 67.6 Å². The molecule has 0 unspecified atom stereocenters. The van der Waals surface area contributed by atoms with Crippen LogP contribution >= 0.6 is 23.4 Å². The van der Waals surface area contributed by atoms with Gasteiger partial charge in [0.05, 0.1) is 16.4 Å². The summed E-state index contributed by atoms with van der Waals surface area (Å²) in [6.07, 6.45) is 1.46. The fraction of sp³-hybridized carbons (Fsp3) is 0.111. The first kappa shape index (κ1) is 18.3. The van der Waals surface area contributed by atoms with E-state index in [1.807, 2.05) is 0 Å². The summed E-state index contributed by atoms with van der Waals surface area (Å²) in [4.78, 5) is 36.6. The van der Waals surface area contributed by atoms with Gasteiger partial charge in [-0.2, -0.15) is 0 Å². The molecule has 0 atom stereocenters. The maximum absolute atomic E-state index is 12.7. The normalized spacial score (nSPS) is 16.9. The first-order valence-electron chi connectivity index (χ1n) is 8.00. The van der Waals surface area contributed by atoms with Crippen LogP contribution in [0.5, 0.6) is 11.5 Å². The molecule has 28 heavy (non-hydrogen) atoms. The van der Waals surface area contributed by atoms with Crippen LogP contribution in [0, 0.1) is 10.1 Å². The minimum Gasteiger partial charge on any atom is -0.454 e. The van der Waals surface area contributed by atoms with E-state index in [1.165, 1.54) is 24.3 Å². The maximum atomic E-state index is 12.7. The molecule has 0 bridgehead atoms. The van der Waals surface area contributed by atoms with Crippen LogP contribution in [0.15, 0.2) is 41.3 Å². The zero-order chi connectivity index (χ0) is 19.8. The van der Waals surface area contributed by atoms with Gasteiger partial charge in [0.25, 0.3) is 16.8 Å². The number of thioether (sulfide) groups is 1. The van der Waals surface area contributed by atoms with Gasteiger partial charge in [-0.3, -0.25) is 24.6 Å². The summed E-state index contributed by atoms with van der Waals surface area (Å²) in [5, 5.41) is 10.8. The van der Waals surface area contributed by atoms with Crippen molar-refractivity contribution in [2.75, 3.05) is 6.79 Å². The molecule has 1 saturated heterocycles. The molecule has 1 fully saturated rings. The third-order valence-corrected chi connectivity index (χ3v) is 5.38. The number of hydrogen-bond donors (Lipinski definition) is 0. The number of hydrogen-bond acceptors (Lipinski definition) is 7. The molecule has 8 nitrogen and oxygen atoms in total. The smallest absolute Gasteiger partial charge is 0.293 e. The highest BCUT2D eigenvalue weighted by molar-refractivity contribution is 8.18. The Morgan fingerprint density at radius 3 is 2.71 bits per heavy atom. The Labute approximate surface area is 167 Å². The largest absolute Gasteiger partial charge is 0.454 e. The predicted molar refractivity (Wildman–Crippen MR) is 102 cm³/mol. The van der Waals surface area contributed by atoms with Gasteiger partial charge in [-0.15, -0.1) is 0 Å². The van der Waals surface area contributed by atoms with Gasteiger partial charge in [-0.1, -0.05) is 23.7 Å². The van der Waals surface area contributed by atoms with E-state index in [2.05, 4.69) is 0 Å². The van der Waals surface area contributed by atoms with Gasteiger partial charge in [0, 0.05) is 23.2 Å². The quantitative estimate of drug-likeness (QED) is 0.416. The molecule has 10 heteroatoms. The van der Waals surface area contributed by atoms with E-state index in [9.17, 15) is 19.7 Å². The molecule has 0 aromatic heterocycles. The van der Waals surface area contributed by atoms with Gasteiger partial charge >= 0.3 is 0 Å². The molecule has 0 saturated carbocycles. The number of amides is 2. The Morgan fingerprint density at radius 2 is 1.96 bits per heavy atom. The number of halogens is 1. The average molecular weight is 419 g/mol. The number of imide groups is 1. The summed E-state index contributed by atoms with van der Waals surface area (Å²) >= 11 is 7.00. The average Bonchev–Trinajstić information content (AvgIpc) is 3.21. The highest BCUT2D eigenvalue weighted by Gasteiger charge is 2.35. The molecule has 2 aromatic rings.